The molecule has 1 aromatic carbocycles. The largest absolute Gasteiger partial charge is 0.497 e. The zero-order valence-corrected chi connectivity index (χ0v) is 10.3. The lowest BCUT2D eigenvalue weighted by atomic mass is 9.87. The van der Waals surface area contributed by atoms with Gasteiger partial charge in [-0.15, -0.1) is 0 Å². The second-order valence-electron chi connectivity index (χ2n) is 4.46. The number of benzene rings is 1. The van der Waals surface area contributed by atoms with Crippen molar-refractivity contribution in [1.29, 1.82) is 0 Å². The summed E-state index contributed by atoms with van der Waals surface area (Å²) in [6.07, 6.45) is 4.93. The molecule has 88 valence electrons. The monoisotopic (exact) mass is 219 g/mol. The molecular formula is C14H21NO. The summed E-state index contributed by atoms with van der Waals surface area (Å²) < 4.78 is 5.28. The van der Waals surface area contributed by atoms with Gasteiger partial charge in [0.1, 0.15) is 5.75 Å². The molecular weight excluding hydrogens is 198 g/mol. The van der Waals surface area contributed by atoms with Crippen LogP contribution < -0.4 is 10.1 Å². The lowest BCUT2D eigenvalue weighted by Crippen LogP contribution is -2.25. The molecule has 1 atom stereocenters. The Bertz CT molecular complexity index is 349. The van der Waals surface area contributed by atoms with Crippen LogP contribution in [0.15, 0.2) is 18.2 Å². The van der Waals surface area contributed by atoms with Gasteiger partial charge in [0.15, 0.2) is 0 Å². The van der Waals surface area contributed by atoms with E-state index in [9.17, 15) is 0 Å². The van der Waals surface area contributed by atoms with E-state index >= 15 is 0 Å². The predicted molar refractivity (Wildman–Crippen MR) is 67.0 cm³/mol. The van der Waals surface area contributed by atoms with Gasteiger partial charge < -0.3 is 10.1 Å². The van der Waals surface area contributed by atoms with Crippen LogP contribution in [-0.2, 0) is 6.42 Å². The maximum atomic E-state index is 5.28. The van der Waals surface area contributed by atoms with E-state index in [0.29, 0.717) is 6.04 Å². The van der Waals surface area contributed by atoms with Crippen LogP contribution >= 0.6 is 0 Å². The van der Waals surface area contributed by atoms with Crippen molar-refractivity contribution in [3.63, 3.8) is 0 Å². The summed E-state index contributed by atoms with van der Waals surface area (Å²) in [6, 6.07) is 7.04. The van der Waals surface area contributed by atoms with Crippen LogP contribution in [0.5, 0.6) is 5.75 Å². The zero-order valence-electron chi connectivity index (χ0n) is 10.3. The van der Waals surface area contributed by atoms with Crippen molar-refractivity contribution < 1.29 is 4.74 Å². The highest BCUT2D eigenvalue weighted by atomic mass is 16.5. The summed E-state index contributed by atoms with van der Waals surface area (Å²) in [5, 5.41) is 3.62. The van der Waals surface area contributed by atoms with Crippen LogP contribution in [0.25, 0.3) is 0 Å². The number of methoxy groups -OCH3 is 1. The van der Waals surface area contributed by atoms with Gasteiger partial charge in [-0.3, -0.25) is 0 Å². The quantitative estimate of drug-likeness (QED) is 0.840. The molecule has 0 saturated carbocycles. The van der Waals surface area contributed by atoms with Crippen molar-refractivity contribution in [3.8, 4) is 5.75 Å². The number of nitrogens with one attached hydrogen (secondary N) is 1. The minimum absolute atomic E-state index is 0.551. The topological polar surface area (TPSA) is 21.3 Å². The Morgan fingerprint density at radius 3 is 3.06 bits per heavy atom. The summed E-state index contributed by atoms with van der Waals surface area (Å²) in [6.45, 7) is 3.32. The summed E-state index contributed by atoms with van der Waals surface area (Å²) in [4.78, 5) is 0. The molecule has 0 saturated heterocycles. The molecule has 0 bridgehead atoms. The van der Waals surface area contributed by atoms with Gasteiger partial charge in [-0.25, -0.2) is 0 Å². The average Bonchev–Trinajstić information content (AvgIpc) is 2.35. The molecule has 0 aromatic heterocycles. The van der Waals surface area contributed by atoms with Gasteiger partial charge >= 0.3 is 0 Å². The van der Waals surface area contributed by atoms with Crippen LogP contribution in [0.1, 0.15) is 43.4 Å². The highest BCUT2D eigenvalue weighted by molar-refractivity contribution is 5.39. The third-order valence-corrected chi connectivity index (χ3v) is 3.31. The predicted octanol–water partition coefficient (Wildman–Crippen LogP) is 3.07. The Balaban J connectivity index is 2.18. The zero-order chi connectivity index (χ0) is 11.4. The maximum absolute atomic E-state index is 5.28. The number of ether oxygens (including phenoxy) is 1. The summed E-state index contributed by atoms with van der Waals surface area (Å²) in [5.74, 6) is 0.981. The Kier molecular flexibility index (Phi) is 3.83. The van der Waals surface area contributed by atoms with E-state index in [4.69, 9.17) is 4.74 Å². The molecule has 1 aromatic rings. The first-order chi connectivity index (χ1) is 7.85. The number of rotatable bonds is 4. The molecule has 16 heavy (non-hydrogen) atoms. The maximum Gasteiger partial charge on any atom is 0.119 e. The Labute approximate surface area is 98.0 Å². The molecule has 0 heterocycles. The highest BCUT2D eigenvalue weighted by Crippen LogP contribution is 2.31. The SMILES string of the molecule is CCCN[C@H]1CCCc2cc(OC)ccc21. The molecule has 1 aliphatic carbocycles. The van der Waals surface area contributed by atoms with E-state index in [2.05, 4.69) is 30.4 Å². The van der Waals surface area contributed by atoms with Crippen LogP contribution in [0, 0.1) is 0 Å². The minimum atomic E-state index is 0.551. The molecule has 2 rings (SSSR count). The van der Waals surface area contributed by atoms with E-state index in [1.165, 1.54) is 36.8 Å². The van der Waals surface area contributed by atoms with Crippen molar-refractivity contribution in [2.24, 2.45) is 0 Å². The molecule has 1 N–H and O–H groups in total. The number of fused-ring (bicyclic) bond motifs is 1. The van der Waals surface area contributed by atoms with Gasteiger partial charge in [-0.05, 0) is 55.5 Å². The molecule has 2 nitrogen and oxygen atoms in total. The Morgan fingerprint density at radius 1 is 1.44 bits per heavy atom. The Hall–Kier alpha value is -1.02. The standard InChI is InChI=1S/C14H21NO/c1-3-9-15-14-6-4-5-11-10-12(16-2)7-8-13(11)14/h7-8,10,14-15H,3-6,9H2,1-2H3/t14-/m0/s1. The second-order valence-corrected chi connectivity index (χ2v) is 4.46. The van der Waals surface area contributed by atoms with Crippen LogP contribution in [0.2, 0.25) is 0 Å². The van der Waals surface area contributed by atoms with Crippen LogP contribution in [-0.4, -0.2) is 13.7 Å². The van der Waals surface area contributed by atoms with Crippen LogP contribution in [0.4, 0.5) is 0 Å². The Morgan fingerprint density at radius 2 is 2.31 bits per heavy atom. The fraction of sp³-hybridized carbons (Fsp3) is 0.571. The van der Waals surface area contributed by atoms with Crippen molar-refractivity contribution in [3.05, 3.63) is 29.3 Å². The average molecular weight is 219 g/mol. The number of aryl methyl sites for hydroxylation is 1. The highest BCUT2D eigenvalue weighted by Gasteiger charge is 2.19. The van der Waals surface area contributed by atoms with Gasteiger partial charge in [0.2, 0.25) is 0 Å². The van der Waals surface area contributed by atoms with Gasteiger partial charge in [-0.1, -0.05) is 13.0 Å². The number of hydrogen-bond acceptors (Lipinski definition) is 2. The summed E-state index contributed by atoms with van der Waals surface area (Å²) in [7, 11) is 1.73. The first kappa shape index (κ1) is 11.5. The van der Waals surface area contributed by atoms with Crippen LogP contribution in [0.3, 0.4) is 0 Å². The molecule has 0 amide bonds. The van der Waals surface area contributed by atoms with Gasteiger partial charge in [0, 0.05) is 6.04 Å². The lowest BCUT2D eigenvalue weighted by molar-refractivity contribution is 0.410. The van der Waals surface area contributed by atoms with Gasteiger partial charge in [0.05, 0.1) is 7.11 Å². The second kappa shape index (κ2) is 5.35. The number of hydrogen-bond donors (Lipinski definition) is 1. The van der Waals surface area contributed by atoms with Gasteiger partial charge in [0.25, 0.3) is 0 Å². The molecule has 1 aliphatic rings. The lowest BCUT2D eigenvalue weighted by Gasteiger charge is -2.26. The van der Waals surface area contributed by atoms with Crippen molar-refractivity contribution in [2.45, 2.75) is 38.6 Å². The van der Waals surface area contributed by atoms with Gasteiger partial charge in [-0.2, -0.15) is 0 Å². The summed E-state index contributed by atoms with van der Waals surface area (Å²) >= 11 is 0. The van der Waals surface area contributed by atoms with Crippen molar-refractivity contribution >= 4 is 0 Å². The molecule has 0 unspecified atom stereocenters. The molecule has 0 spiro atoms. The third kappa shape index (κ3) is 2.38. The molecule has 0 radical (unpaired) electrons. The molecule has 0 fully saturated rings. The van der Waals surface area contributed by atoms with Crippen molar-refractivity contribution in [1.82, 2.24) is 5.32 Å². The van der Waals surface area contributed by atoms with E-state index in [-0.39, 0.29) is 0 Å². The first-order valence-electron chi connectivity index (χ1n) is 6.25. The van der Waals surface area contributed by atoms with Crippen molar-refractivity contribution in [2.75, 3.05) is 13.7 Å². The molecule has 0 aliphatic heterocycles. The third-order valence-electron chi connectivity index (χ3n) is 3.31. The van der Waals surface area contributed by atoms with E-state index in [1.54, 1.807) is 7.11 Å². The van der Waals surface area contributed by atoms with E-state index in [1.807, 2.05) is 0 Å². The molecule has 2 heteroatoms. The van der Waals surface area contributed by atoms with E-state index in [0.717, 1.165) is 12.3 Å². The normalized spacial score (nSPS) is 19.2. The van der Waals surface area contributed by atoms with E-state index < -0.39 is 0 Å². The smallest absolute Gasteiger partial charge is 0.119 e. The first-order valence-corrected chi connectivity index (χ1v) is 6.25. The fourth-order valence-corrected chi connectivity index (χ4v) is 2.45. The fourth-order valence-electron chi connectivity index (χ4n) is 2.45. The minimum Gasteiger partial charge on any atom is -0.497 e. The summed E-state index contributed by atoms with van der Waals surface area (Å²) in [5.41, 5.74) is 2.93.